The highest BCUT2D eigenvalue weighted by Gasteiger charge is 2.03. The van der Waals surface area contributed by atoms with Gasteiger partial charge in [0.2, 0.25) is 0 Å². The SMILES string of the molecule is O=C(/C=C/c1ccccc1F)c1ccc(-n2cccc2)cc1. The molecule has 0 unspecified atom stereocenters. The second kappa shape index (κ2) is 6.22. The van der Waals surface area contributed by atoms with Gasteiger partial charge in [0.15, 0.2) is 5.78 Å². The fraction of sp³-hybridized carbons (Fsp3) is 0. The van der Waals surface area contributed by atoms with Gasteiger partial charge in [-0.15, -0.1) is 0 Å². The van der Waals surface area contributed by atoms with Crippen molar-refractivity contribution >= 4 is 11.9 Å². The minimum absolute atomic E-state index is 0.151. The van der Waals surface area contributed by atoms with Crippen molar-refractivity contribution in [3.8, 4) is 5.69 Å². The van der Waals surface area contributed by atoms with Crippen molar-refractivity contribution < 1.29 is 9.18 Å². The molecule has 0 aliphatic heterocycles. The van der Waals surface area contributed by atoms with Gasteiger partial charge in [-0.2, -0.15) is 0 Å². The number of nitrogens with zero attached hydrogens (tertiary/aromatic N) is 1. The van der Waals surface area contributed by atoms with Crippen LogP contribution >= 0.6 is 0 Å². The zero-order chi connectivity index (χ0) is 15.4. The zero-order valence-electron chi connectivity index (χ0n) is 11.8. The molecule has 0 bridgehead atoms. The lowest BCUT2D eigenvalue weighted by atomic mass is 10.1. The van der Waals surface area contributed by atoms with Gasteiger partial charge in [0, 0.05) is 29.2 Å². The van der Waals surface area contributed by atoms with Crippen LogP contribution in [0.15, 0.2) is 79.1 Å². The van der Waals surface area contributed by atoms with Gasteiger partial charge < -0.3 is 4.57 Å². The first-order chi connectivity index (χ1) is 10.7. The molecule has 0 saturated heterocycles. The minimum Gasteiger partial charge on any atom is -0.324 e. The topological polar surface area (TPSA) is 22.0 Å². The Morgan fingerprint density at radius 3 is 2.27 bits per heavy atom. The number of hydrogen-bond acceptors (Lipinski definition) is 1. The summed E-state index contributed by atoms with van der Waals surface area (Å²) in [6.45, 7) is 0. The molecule has 1 heterocycles. The fourth-order valence-corrected chi connectivity index (χ4v) is 2.18. The quantitative estimate of drug-likeness (QED) is 0.512. The average molecular weight is 291 g/mol. The maximum absolute atomic E-state index is 13.5. The predicted octanol–water partition coefficient (Wildman–Crippen LogP) is 4.51. The van der Waals surface area contributed by atoms with E-state index in [1.165, 1.54) is 18.2 Å². The van der Waals surface area contributed by atoms with Crippen molar-refractivity contribution in [1.29, 1.82) is 0 Å². The van der Waals surface area contributed by atoms with Crippen molar-refractivity contribution in [2.75, 3.05) is 0 Å². The molecule has 108 valence electrons. The van der Waals surface area contributed by atoms with Crippen LogP contribution in [0, 0.1) is 5.82 Å². The van der Waals surface area contributed by atoms with Crippen LogP contribution in [0.3, 0.4) is 0 Å². The van der Waals surface area contributed by atoms with E-state index in [1.807, 2.05) is 41.2 Å². The van der Waals surface area contributed by atoms with Crippen LogP contribution in [-0.2, 0) is 0 Å². The van der Waals surface area contributed by atoms with Gasteiger partial charge in [0.05, 0.1) is 0 Å². The van der Waals surface area contributed by atoms with E-state index in [1.54, 1.807) is 30.3 Å². The highest BCUT2D eigenvalue weighted by molar-refractivity contribution is 6.06. The lowest BCUT2D eigenvalue weighted by Crippen LogP contribution is -1.96. The molecule has 0 N–H and O–H groups in total. The molecule has 0 aliphatic carbocycles. The Labute approximate surface area is 128 Å². The van der Waals surface area contributed by atoms with Crippen LogP contribution in [0.2, 0.25) is 0 Å². The van der Waals surface area contributed by atoms with Crippen LogP contribution in [0.5, 0.6) is 0 Å². The van der Waals surface area contributed by atoms with E-state index in [-0.39, 0.29) is 11.6 Å². The number of halogens is 1. The van der Waals surface area contributed by atoms with Crippen LogP contribution < -0.4 is 0 Å². The van der Waals surface area contributed by atoms with Crippen molar-refractivity contribution in [2.24, 2.45) is 0 Å². The second-order valence-corrected chi connectivity index (χ2v) is 4.86. The number of hydrogen-bond donors (Lipinski definition) is 0. The summed E-state index contributed by atoms with van der Waals surface area (Å²) in [6, 6.07) is 17.5. The van der Waals surface area contributed by atoms with Crippen LogP contribution in [0.4, 0.5) is 4.39 Å². The zero-order valence-corrected chi connectivity index (χ0v) is 11.8. The molecule has 3 aromatic rings. The summed E-state index contributed by atoms with van der Waals surface area (Å²) in [5.74, 6) is -0.489. The first-order valence-corrected chi connectivity index (χ1v) is 6.94. The van der Waals surface area contributed by atoms with Crippen LogP contribution in [0.25, 0.3) is 11.8 Å². The molecule has 3 rings (SSSR count). The molecule has 0 fully saturated rings. The number of ketones is 1. The summed E-state index contributed by atoms with van der Waals surface area (Å²) >= 11 is 0. The predicted molar refractivity (Wildman–Crippen MR) is 85.5 cm³/mol. The molecule has 0 radical (unpaired) electrons. The van der Waals surface area contributed by atoms with Crippen molar-refractivity contribution in [3.63, 3.8) is 0 Å². The molecule has 22 heavy (non-hydrogen) atoms. The second-order valence-electron chi connectivity index (χ2n) is 4.86. The van der Waals surface area contributed by atoms with Crippen molar-refractivity contribution in [3.05, 3.63) is 96.1 Å². The van der Waals surface area contributed by atoms with Crippen molar-refractivity contribution in [1.82, 2.24) is 4.57 Å². The summed E-state index contributed by atoms with van der Waals surface area (Å²) in [5, 5.41) is 0. The number of benzene rings is 2. The van der Waals surface area contributed by atoms with Crippen LogP contribution in [-0.4, -0.2) is 10.4 Å². The molecule has 3 heteroatoms. The Morgan fingerprint density at radius 1 is 0.909 bits per heavy atom. The summed E-state index contributed by atoms with van der Waals surface area (Å²) in [6.07, 6.45) is 6.77. The molecule has 0 aliphatic rings. The summed E-state index contributed by atoms with van der Waals surface area (Å²) < 4.78 is 15.4. The third-order valence-electron chi connectivity index (χ3n) is 3.37. The number of aromatic nitrogens is 1. The molecule has 0 amide bonds. The molecule has 2 nitrogen and oxygen atoms in total. The van der Waals surface area contributed by atoms with E-state index in [9.17, 15) is 9.18 Å². The number of carbonyl (C=O) groups is 1. The lowest BCUT2D eigenvalue weighted by Gasteiger charge is -2.03. The standard InChI is InChI=1S/C19H14FNO/c20-18-6-2-1-5-15(18)9-12-19(22)16-7-10-17(11-8-16)21-13-3-4-14-21/h1-14H/b12-9+. The van der Waals surface area contributed by atoms with E-state index in [0.717, 1.165) is 5.69 Å². The van der Waals surface area contributed by atoms with E-state index >= 15 is 0 Å². The maximum Gasteiger partial charge on any atom is 0.185 e. The van der Waals surface area contributed by atoms with Crippen molar-refractivity contribution in [2.45, 2.75) is 0 Å². The summed E-state index contributed by atoms with van der Waals surface area (Å²) in [4.78, 5) is 12.1. The Balaban J connectivity index is 1.77. The molecule has 2 aromatic carbocycles. The third kappa shape index (κ3) is 3.04. The Hall–Kier alpha value is -2.94. The lowest BCUT2D eigenvalue weighted by molar-refractivity contribution is 0.104. The molecule has 0 saturated carbocycles. The first kappa shape index (κ1) is 14.0. The average Bonchev–Trinajstić information content (AvgIpc) is 3.08. The van der Waals surface area contributed by atoms with E-state index in [4.69, 9.17) is 0 Å². The Morgan fingerprint density at radius 2 is 1.59 bits per heavy atom. The summed E-state index contributed by atoms with van der Waals surface area (Å²) in [5.41, 5.74) is 1.96. The van der Waals surface area contributed by atoms with Gasteiger partial charge in [-0.05, 0) is 54.6 Å². The molecule has 0 atom stereocenters. The minimum atomic E-state index is -0.338. The van der Waals surface area contributed by atoms with Gasteiger partial charge in [0.1, 0.15) is 5.82 Å². The van der Waals surface area contributed by atoms with Gasteiger partial charge in [0.25, 0.3) is 0 Å². The summed E-state index contributed by atoms with van der Waals surface area (Å²) in [7, 11) is 0. The normalized spacial score (nSPS) is 11.0. The van der Waals surface area contributed by atoms with Gasteiger partial charge in [-0.3, -0.25) is 4.79 Å². The number of rotatable bonds is 4. The van der Waals surface area contributed by atoms with E-state index < -0.39 is 0 Å². The van der Waals surface area contributed by atoms with Crippen LogP contribution in [0.1, 0.15) is 15.9 Å². The van der Waals surface area contributed by atoms with E-state index in [0.29, 0.717) is 11.1 Å². The largest absolute Gasteiger partial charge is 0.324 e. The maximum atomic E-state index is 13.5. The van der Waals surface area contributed by atoms with Gasteiger partial charge in [-0.25, -0.2) is 4.39 Å². The fourth-order valence-electron chi connectivity index (χ4n) is 2.18. The van der Waals surface area contributed by atoms with Gasteiger partial charge >= 0.3 is 0 Å². The van der Waals surface area contributed by atoms with Gasteiger partial charge in [-0.1, -0.05) is 18.2 Å². The smallest absolute Gasteiger partial charge is 0.185 e. The molecule has 0 spiro atoms. The third-order valence-corrected chi connectivity index (χ3v) is 3.37. The monoisotopic (exact) mass is 291 g/mol. The van der Waals surface area contributed by atoms with E-state index in [2.05, 4.69) is 0 Å². The number of allylic oxidation sites excluding steroid dienone is 1. The molecular weight excluding hydrogens is 277 g/mol. The highest BCUT2D eigenvalue weighted by atomic mass is 19.1. The molecule has 1 aromatic heterocycles. The first-order valence-electron chi connectivity index (χ1n) is 6.94. The highest BCUT2D eigenvalue weighted by Crippen LogP contribution is 2.13. The Kier molecular flexibility index (Phi) is 3.97. The molecular formula is C19H14FNO. The Bertz CT molecular complexity index is 802. The number of carbonyl (C=O) groups excluding carboxylic acids is 1.